The molecule has 28 heavy (non-hydrogen) atoms. The van der Waals surface area contributed by atoms with Crippen molar-refractivity contribution in [2.75, 3.05) is 13.7 Å². The highest BCUT2D eigenvalue weighted by Gasteiger charge is 2.09. The second kappa shape index (κ2) is 9.13. The minimum Gasteiger partial charge on any atom is -0.497 e. The molecule has 0 amide bonds. The van der Waals surface area contributed by atoms with Crippen molar-refractivity contribution in [1.29, 1.82) is 0 Å². The zero-order valence-electron chi connectivity index (χ0n) is 16.5. The minimum atomic E-state index is -0.114. The van der Waals surface area contributed by atoms with Crippen LogP contribution in [0.25, 0.3) is 0 Å². The van der Waals surface area contributed by atoms with Crippen molar-refractivity contribution in [2.45, 2.75) is 27.0 Å². The lowest BCUT2D eigenvalue weighted by Crippen LogP contribution is -2.17. The summed E-state index contributed by atoms with van der Waals surface area (Å²) >= 11 is 0. The van der Waals surface area contributed by atoms with Gasteiger partial charge in [0.2, 0.25) is 5.43 Å². The standard InChI is InChI=1S/C23H25NO4/c1-17-4-6-19(7-5-17)16-28-23-18(2)24(13-12-22(23)25)14-15-27-21-10-8-20(26-3)9-11-21/h4-13H,14-16H2,1-3H3. The fraction of sp³-hybridized carbons (Fsp3) is 0.261. The number of benzene rings is 2. The fourth-order valence-electron chi connectivity index (χ4n) is 2.85. The molecule has 2 aromatic carbocycles. The third-order valence-corrected chi connectivity index (χ3v) is 4.55. The Morgan fingerprint density at radius 2 is 1.54 bits per heavy atom. The molecule has 5 heteroatoms. The molecule has 0 saturated heterocycles. The lowest BCUT2D eigenvalue weighted by molar-refractivity contribution is 0.283. The highest BCUT2D eigenvalue weighted by atomic mass is 16.5. The lowest BCUT2D eigenvalue weighted by Gasteiger charge is -2.15. The van der Waals surface area contributed by atoms with E-state index in [4.69, 9.17) is 14.2 Å². The number of pyridine rings is 1. The summed E-state index contributed by atoms with van der Waals surface area (Å²) < 4.78 is 18.7. The molecule has 0 spiro atoms. The highest BCUT2D eigenvalue weighted by molar-refractivity contribution is 5.31. The molecular weight excluding hydrogens is 354 g/mol. The van der Waals surface area contributed by atoms with Crippen LogP contribution >= 0.6 is 0 Å². The van der Waals surface area contributed by atoms with Crippen LogP contribution < -0.4 is 19.6 Å². The smallest absolute Gasteiger partial charge is 0.223 e. The van der Waals surface area contributed by atoms with Gasteiger partial charge in [-0.25, -0.2) is 0 Å². The van der Waals surface area contributed by atoms with E-state index in [0.29, 0.717) is 25.5 Å². The van der Waals surface area contributed by atoms with E-state index in [1.54, 1.807) is 13.3 Å². The van der Waals surface area contributed by atoms with E-state index in [0.717, 1.165) is 22.8 Å². The van der Waals surface area contributed by atoms with Gasteiger partial charge < -0.3 is 18.8 Å². The number of methoxy groups -OCH3 is 1. The van der Waals surface area contributed by atoms with Gasteiger partial charge in [0.05, 0.1) is 19.3 Å². The van der Waals surface area contributed by atoms with E-state index in [1.807, 2.05) is 66.9 Å². The van der Waals surface area contributed by atoms with Gasteiger partial charge in [-0.1, -0.05) is 29.8 Å². The molecular formula is C23H25NO4. The maximum absolute atomic E-state index is 12.2. The molecule has 0 saturated carbocycles. The molecule has 1 heterocycles. The Kier molecular flexibility index (Phi) is 6.37. The maximum Gasteiger partial charge on any atom is 0.223 e. The number of hydrogen-bond donors (Lipinski definition) is 0. The first-order chi connectivity index (χ1) is 13.6. The predicted molar refractivity (Wildman–Crippen MR) is 109 cm³/mol. The van der Waals surface area contributed by atoms with Crippen LogP contribution in [0.5, 0.6) is 17.2 Å². The van der Waals surface area contributed by atoms with Crippen molar-refractivity contribution < 1.29 is 14.2 Å². The van der Waals surface area contributed by atoms with Crippen molar-refractivity contribution in [2.24, 2.45) is 0 Å². The number of rotatable bonds is 8. The normalized spacial score (nSPS) is 10.5. The second-order valence-electron chi connectivity index (χ2n) is 6.59. The van der Waals surface area contributed by atoms with Gasteiger partial charge in [-0.2, -0.15) is 0 Å². The molecule has 0 bridgehead atoms. The summed E-state index contributed by atoms with van der Waals surface area (Å²) in [5.74, 6) is 1.95. The maximum atomic E-state index is 12.2. The first-order valence-corrected chi connectivity index (χ1v) is 9.22. The Morgan fingerprint density at radius 1 is 0.857 bits per heavy atom. The fourth-order valence-corrected chi connectivity index (χ4v) is 2.85. The van der Waals surface area contributed by atoms with Crippen LogP contribution in [0.2, 0.25) is 0 Å². The quantitative estimate of drug-likeness (QED) is 0.590. The van der Waals surface area contributed by atoms with Crippen LogP contribution in [0.4, 0.5) is 0 Å². The summed E-state index contributed by atoms with van der Waals surface area (Å²) in [6.45, 7) is 5.38. The third-order valence-electron chi connectivity index (χ3n) is 4.55. The molecule has 3 aromatic rings. The molecule has 0 radical (unpaired) electrons. The van der Waals surface area contributed by atoms with Crippen LogP contribution in [0, 0.1) is 13.8 Å². The van der Waals surface area contributed by atoms with Gasteiger partial charge in [-0.05, 0) is 43.7 Å². The zero-order valence-corrected chi connectivity index (χ0v) is 16.5. The number of ether oxygens (including phenoxy) is 3. The molecule has 0 aliphatic rings. The molecule has 0 atom stereocenters. The number of nitrogens with zero attached hydrogens (tertiary/aromatic N) is 1. The van der Waals surface area contributed by atoms with Crippen LogP contribution in [0.1, 0.15) is 16.8 Å². The first kappa shape index (κ1) is 19.5. The third kappa shape index (κ3) is 4.94. The summed E-state index contributed by atoms with van der Waals surface area (Å²) in [6.07, 6.45) is 1.77. The number of hydrogen-bond acceptors (Lipinski definition) is 4. The summed E-state index contributed by atoms with van der Waals surface area (Å²) in [5.41, 5.74) is 2.90. The van der Waals surface area contributed by atoms with Gasteiger partial charge in [0.15, 0.2) is 5.75 Å². The Balaban J connectivity index is 1.62. The zero-order chi connectivity index (χ0) is 19.9. The van der Waals surface area contributed by atoms with Crippen molar-refractivity contribution in [1.82, 2.24) is 4.57 Å². The SMILES string of the molecule is COc1ccc(OCCn2ccc(=O)c(OCc3ccc(C)cc3)c2C)cc1. The van der Waals surface area contributed by atoms with Crippen LogP contribution in [0.3, 0.4) is 0 Å². The first-order valence-electron chi connectivity index (χ1n) is 9.22. The molecule has 0 aliphatic carbocycles. The van der Waals surface area contributed by atoms with E-state index < -0.39 is 0 Å². The van der Waals surface area contributed by atoms with Crippen molar-refractivity contribution in [3.63, 3.8) is 0 Å². The summed E-state index contributed by atoms with van der Waals surface area (Å²) in [4.78, 5) is 12.2. The van der Waals surface area contributed by atoms with Gasteiger partial charge in [0, 0.05) is 12.3 Å². The lowest BCUT2D eigenvalue weighted by atomic mass is 10.2. The summed E-state index contributed by atoms with van der Waals surface area (Å²) in [6, 6.07) is 17.1. The van der Waals surface area contributed by atoms with E-state index in [1.165, 1.54) is 11.6 Å². The predicted octanol–water partition coefficient (Wildman–Crippen LogP) is 4.13. The van der Waals surface area contributed by atoms with Gasteiger partial charge in [-0.3, -0.25) is 4.79 Å². The molecule has 146 valence electrons. The highest BCUT2D eigenvalue weighted by Crippen LogP contribution is 2.18. The van der Waals surface area contributed by atoms with E-state index in [9.17, 15) is 4.79 Å². The molecule has 0 aliphatic heterocycles. The Hall–Kier alpha value is -3.21. The van der Waals surface area contributed by atoms with Crippen molar-refractivity contribution in [3.05, 3.63) is 87.8 Å². The van der Waals surface area contributed by atoms with Gasteiger partial charge >= 0.3 is 0 Å². The number of aryl methyl sites for hydroxylation is 1. The van der Waals surface area contributed by atoms with Crippen LogP contribution in [-0.2, 0) is 13.2 Å². The van der Waals surface area contributed by atoms with E-state index in [2.05, 4.69) is 0 Å². The molecule has 1 aromatic heterocycles. The van der Waals surface area contributed by atoms with Crippen LogP contribution in [0.15, 0.2) is 65.6 Å². The van der Waals surface area contributed by atoms with Gasteiger partial charge in [0.1, 0.15) is 24.7 Å². The average Bonchev–Trinajstić information content (AvgIpc) is 2.71. The average molecular weight is 379 g/mol. The second-order valence-corrected chi connectivity index (χ2v) is 6.59. The number of aromatic nitrogens is 1. The molecule has 5 nitrogen and oxygen atoms in total. The largest absolute Gasteiger partial charge is 0.497 e. The Labute approximate surface area is 165 Å². The molecule has 3 rings (SSSR count). The molecule has 0 unspecified atom stereocenters. The van der Waals surface area contributed by atoms with Crippen molar-refractivity contribution in [3.8, 4) is 17.2 Å². The Bertz CT molecular complexity index is 959. The van der Waals surface area contributed by atoms with Crippen LogP contribution in [-0.4, -0.2) is 18.3 Å². The van der Waals surface area contributed by atoms with Crippen molar-refractivity contribution >= 4 is 0 Å². The monoisotopic (exact) mass is 379 g/mol. The van der Waals surface area contributed by atoms with Gasteiger partial charge in [0.25, 0.3) is 0 Å². The van der Waals surface area contributed by atoms with E-state index in [-0.39, 0.29) is 5.43 Å². The minimum absolute atomic E-state index is 0.114. The summed E-state index contributed by atoms with van der Waals surface area (Å²) in [5, 5.41) is 0. The van der Waals surface area contributed by atoms with Gasteiger partial charge in [-0.15, -0.1) is 0 Å². The van der Waals surface area contributed by atoms with E-state index >= 15 is 0 Å². The summed E-state index contributed by atoms with van der Waals surface area (Å²) in [7, 11) is 1.63. The molecule has 0 N–H and O–H groups in total. The molecule has 0 fully saturated rings. The Morgan fingerprint density at radius 3 is 2.21 bits per heavy atom. The topological polar surface area (TPSA) is 49.7 Å².